The molecule has 25 heavy (non-hydrogen) atoms. The molecule has 0 bridgehead atoms. The lowest BCUT2D eigenvalue weighted by Gasteiger charge is -2.22. The Labute approximate surface area is 161 Å². The quantitative estimate of drug-likeness (QED) is 0.679. The van der Waals surface area contributed by atoms with Crippen LogP contribution in [0.25, 0.3) is 0 Å². The van der Waals surface area contributed by atoms with Gasteiger partial charge in [-0.05, 0) is 37.1 Å². The van der Waals surface area contributed by atoms with E-state index in [1.807, 2.05) is 0 Å². The van der Waals surface area contributed by atoms with Crippen molar-refractivity contribution in [2.75, 3.05) is 0 Å². The van der Waals surface area contributed by atoms with Gasteiger partial charge in [-0.25, -0.2) is 0 Å². The van der Waals surface area contributed by atoms with Gasteiger partial charge in [-0.1, -0.05) is 54.1 Å². The van der Waals surface area contributed by atoms with Crippen molar-refractivity contribution in [1.82, 2.24) is 5.32 Å². The second-order valence-electron chi connectivity index (χ2n) is 6.06. The molecule has 4 nitrogen and oxygen atoms in total. The number of ether oxygens (including phenoxy) is 1. The van der Waals surface area contributed by atoms with Gasteiger partial charge < -0.3 is 14.5 Å². The van der Waals surface area contributed by atoms with Crippen molar-refractivity contribution >= 4 is 40.7 Å². The smallest absolute Gasteiger partial charge is 0.287 e. The van der Waals surface area contributed by atoms with Gasteiger partial charge in [-0.15, -0.1) is 0 Å². The van der Waals surface area contributed by atoms with Gasteiger partial charge in [-0.3, -0.25) is 4.79 Å². The fraction of sp³-hybridized carbons (Fsp3) is 0.389. The normalized spacial score (nSPS) is 15.2. The fourth-order valence-corrected chi connectivity index (χ4v) is 3.82. The van der Waals surface area contributed by atoms with E-state index in [4.69, 9.17) is 44.0 Å². The van der Waals surface area contributed by atoms with Crippen molar-refractivity contribution in [3.8, 4) is 5.75 Å². The maximum Gasteiger partial charge on any atom is 0.287 e. The Morgan fingerprint density at radius 2 is 1.80 bits per heavy atom. The van der Waals surface area contributed by atoms with Crippen LogP contribution in [0.2, 0.25) is 15.1 Å². The standard InChI is InChI=1S/C18H18Cl3NO3/c19-11-8-14(20)17(15(21)9-11)24-10-13-6-7-16(25-13)18(23)22-12-4-2-1-3-5-12/h6-9,12H,1-5,10H2,(H,22,23). The van der Waals surface area contributed by atoms with Gasteiger partial charge >= 0.3 is 0 Å². The third kappa shape index (κ3) is 4.84. The van der Waals surface area contributed by atoms with Gasteiger partial charge in [0.15, 0.2) is 11.5 Å². The molecule has 7 heteroatoms. The van der Waals surface area contributed by atoms with E-state index in [1.165, 1.54) is 6.42 Å². The molecule has 1 heterocycles. The maximum absolute atomic E-state index is 12.2. The van der Waals surface area contributed by atoms with Crippen LogP contribution in [0.5, 0.6) is 5.75 Å². The first kappa shape index (κ1) is 18.4. The number of hydrogen-bond donors (Lipinski definition) is 1. The summed E-state index contributed by atoms with van der Waals surface area (Å²) in [6, 6.07) is 6.68. The number of rotatable bonds is 5. The van der Waals surface area contributed by atoms with E-state index in [1.54, 1.807) is 24.3 Å². The highest BCUT2D eigenvalue weighted by molar-refractivity contribution is 6.40. The minimum Gasteiger partial charge on any atom is -0.483 e. The molecule has 0 radical (unpaired) electrons. The monoisotopic (exact) mass is 401 g/mol. The summed E-state index contributed by atoms with van der Waals surface area (Å²) < 4.78 is 11.2. The molecule has 0 atom stereocenters. The molecule has 1 aromatic carbocycles. The van der Waals surface area contributed by atoms with Crippen LogP contribution < -0.4 is 10.1 Å². The van der Waals surface area contributed by atoms with Gasteiger partial charge in [0.1, 0.15) is 12.4 Å². The summed E-state index contributed by atoms with van der Waals surface area (Å²) in [5.74, 6) is 0.923. The number of hydrogen-bond acceptors (Lipinski definition) is 3. The highest BCUT2D eigenvalue weighted by Crippen LogP contribution is 2.36. The SMILES string of the molecule is O=C(NC1CCCCC1)c1ccc(COc2c(Cl)cc(Cl)cc2Cl)o1. The zero-order valence-corrected chi connectivity index (χ0v) is 15.8. The highest BCUT2D eigenvalue weighted by atomic mass is 35.5. The molecule has 1 N–H and O–H groups in total. The van der Waals surface area contributed by atoms with Gasteiger partial charge in [0, 0.05) is 11.1 Å². The molecular formula is C18H18Cl3NO3. The molecular weight excluding hydrogens is 385 g/mol. The van der Waals surface area contributed by atoms with Crippen LogP contribution in [0.4, 0.5) is 0 Å². The third-order valence-corrected chi connectivity index (χ3v) is 4.93. The number of amides is 1. The van der Waals surface area contributed by atoms with Crippen molar-refractivity contribution in [1.29, 1.82) is 0 Å². The largest absolute Gasteiger partial charge is 0.483 e. The summed E-state index contributed by atoms with van der Waals surface area (Å²) >= 11 is 18.0. The third-order valence-electron chi connectivity index (χ3n) is 4.15. The Kier molecular flexibility index (Phi) is 6.15. The van der Waals surface area contributed by atoms with Crippen LogP contribution in [-0.2, 0) is 6.61 Å². The van der Waals surface area contributed by atoms with Crippen LogP contribution in [0, 0.1) is 0 Å². The summed E-state index contributed by atoms with van der Waals surface area (Å²) in [7, 11) is 0. The number of carbonyl (C=O) groups excluding carboxylic acids is 1. The lowest BCUT2D eigenvalue weighted by Crippen LogP contribution is -2.35. The van der Waals surface area contributed by atoms with Gasteiger partial charge in [0.25, 0.3) is 5.91 Å². The van der Waals surface area contributed by atoms with Crippen molar-refractivity contribution < 1.29 is 13.9 Å². The molecule has 3 rings (SSSR count). The molecule has 1 aromatic heterocycles. The molecule has 1 saturated carbocycles. The first-order chi connectivity index (χ1) is 12.0. The molecule has 1 aliphatic rings. The molecule has 2 aromatic rings. The predicted octanol–water partition coefficient (Wildman–Crippen LogP) is 5.88. The second kappa shape index (κ2) is 8.35. The minimum absolute atomic E-state index is 0.109. The Hall–Kier alpha value is -1.36. The zero-order valence-electron chi connectivity index (χ0n) is 13.5. The molecule has 0 saturated heterocycles. The van der Waals surface area contributed by atoms with E-state index >= 15 is 0 Å². The van der Waals surface area contributed by atoms with Crippen molar-refractivity contribution in [3.63, 3.8) is 0 Å². The van der Waals surface area contributed by atoms with E-state index in [-0.39, 0.29) is 24.3 Å². The highest BCUT2D eigenvalue weighted by Gasteiger charge is 2.19. The molecule has 1 aliphatic carbocycles. The number of nitrogens with one attached hydrogen (secondary N) is 1. The molecule has 1 fully saturated rings. The average molecular weight is 403 g/mol. The number of carbonyl (C=O) groups is 1. The summed E-state index contributed by atoms with van der Waals surface area (Å²) in [6.45, 7) is 0.109. The fourth-order valence-electron chi connectivity index (χ4n) is 2.89. The van der Waals surface area contributed by atoms with Crippen molar-refractivity contribution in [2.24, 2.45) is 0 Å². The number of furan rings is 1. The number of halogens is 3. The summed E-state index contributed by atoms with van der Waals surface area (Å²) in [5.41, 5.74) is 0. The molecule has 0 unspecified atom stereocenters. The van der Waals surface area contributed by atoms with Crippen molar-refractivity contribution in [2.45, 2.75) is 44.8 Å². The lowest BCUT2D eigenvalue weighted by atomic mass is 9.95. The van der Waals surface area contributed by atoms with Crippen LogP contribution in [0.1, 0.15) is 48.4 Å². The second-order valence-corrected chi connectivity index (χ2v) is 7.31. The van der Waals surface area contributed by atoms with Gasteiger partial charge in [0.2, 0.25) is 0 Å². The Morgan fingerprint density at radius 3 is 2.48 bits per heavy atom. The Morgan fingerprint density at radius 1 is 1.12 bits per heavy atom. The summed E-state index contributed by atoms with van der Waals surface area (Å²) in [5, 5.41) is 4.09. The van der Waals surface area contributed by atoms with Crippen molar-refractivity contribution in [3.05, 3.63) is 50.9 Å². The number of benzene rings is 1. The topological polar surface area (TPSA) is 51.5 Å². The predicted molar refractivity (Wildman–Crippen MR) is 98.9 cm³/mol. The Balaban J connectivity index is 1.59. The minimum atomic E-state index is -0.194. The van der Waals surface area contributed by atoms with Crippen LogP contribution >= 0.6 is 34.8 Å². The summed E-state index contributed by atoms with van der Waals surface area (Å²) in [4.78, 5) is 12.2. The molecule has 0 spiro atoms. The van der Waals surface area contributed by atoms with Crippen LogP contribution in [0.15, 0.2) is 28.7 Å². The molecule has 1 amide bonds. The molecule has 0 aliphatic heterocycles. The first-order valence-corrected chi connectivity index (χ1v) is 9.33. The van der Waals surface area contributed by atoms with E-state index in [2.05, 4.69) is 5.32 Å². The van der Waals surface area contributed by atoms with E-state index in [9.17, 15) is 4.79 Å². The first-order valence-electron chi connectivity index (χ1n) is 8.20. The Bertz CT molecular complexity index is 731. The van der Waals surface area contributed by atoms with Crippen LogP contribution in [-0.4, -0.2) is 11.9 Å². The maximum atomic E-state index is 12.2. The zero-order chi connectivity index (χ0) is 17.8. The van der Waals surface area contributed by atoms with E-state index < -0.39 is 0 Å². The molecule has 134 valence electrons. The summed E-state index contributed by atoms with van der Waals surface area (Å²) in [6.07, 6.45) is 5.60. The van der Waals surface area contributed by atoms with E-state index in [0.29, 0.717) is 26.6 Å². The van der Waals surface area contributed by atoms with Gasteiger partial charge in [0.05, 0.1) is 10.0 Å². The van der Waals surface area contributed by atoms with E-state index in [0.717, 1.165) is 25.7 Å². The van der Waals surface area contributed by atoms with Gasteiger partial charge in [-0.2, -0.15) is 0 Å². The average Bonchev–Trinajstić information content (AvgIpc) is 3.04. The van der Waals surface area contributed by atoms with Crippen LogP contribution in [0.3, 0.4) is 0 Å². The lowest BCUT2D eigenvalue weighted by molar-refractivity contribution is 0.0895.